The van der Waals surface area contributed by atoms with Gasteiger partial charge in [-0.2, -0.15) is 0 Å². The van der Waals surface area contributed by atoms with Crippen LogP contribution in [0.1, 0.15) is 11.1 Å². The van der Waals surface area contributed by atoms with Crippen LogP contribution in [0.5, 0.6) is 0 Å². The zero-order valence-electron chi connectivity index (χ0n) is 10.2. The van der Waals surface area contributed by atoms with Gasteiger partial charge in [-0.3, -0.25) is 0 Å². The number of halogens is 2. The van der Waals surface area contributed by atoms with Crippen molar-refractivity contribution in [2.24, 2.45) is 5.73 Å². The molecule has 98 valence electrons. The molecule has 19 heavy (non-hydrogen) atoms. The predicted octanol–water partition coefficient (Wildman–Crippen LogP) is 3.65. The van der Waals surface area contributed by atoms with Crippen LogP contribution in [-0.4, -0.2) is 4.99 Å². The molecule has 0 aliphatic heterocycles. The molecule has 0 heterocycles. The second kappa shape index (κ2) is 5.32. The van der Waals surface area contributed by atoms with Gasteiger partial charge in [-0.15, -0.1) is 0 Å². The molecule has 0 unspecified atom stereocenters. The van der Waals surface area contributed by atoms with Gasteiger partial charge >= 0.3 is 0 Å². The van der Waals surface area contributed by atoms with Crippen molar-refractivity contribution in [1.82, 2.24) is 0 Å². The molecule has 0 fully saturated rings. The van der Waals surface area contributed by atoms with E-state index in [1.54, 1.807) is 19.1 Å². The van der Waals surface area contributed by atoms with Gasteiger partial charge < -0.3 is 11.1 Å². The van der Waals surface area contributed by atoms with Crippen molar-refractivity contribution in [1.29, 1.82) is 0 Å². The van der Waals surface area contributed by atoms with Gasteiger partial charge in [0, 0.05) is 16.9 Å². The molecule has 0 saturated heterocycles. The molecule has 0 atom stereocenters. The summed E-state index contributed by atoms with van der Waals surface area (Å²) in [5.41, 5.74) is 8.01. The Labute approximate surface area is 115 Å². The van der Waals surface area contributed by atoms with E-state index >= 15 is 0 Å². The summed E-state index contributed by atoms with van der Waals surface area (Å²) in [4.78, 5) is 0.0989. The highest BCUT2D eigenvalue weighted by Gasteiger charge is 2.08. The Kier molecular flexibility index (Phi) is 3.76. The van der Waals surface area contributed by atoms with Crippen molar-refractivity contribution in [2.45, 2.75) is 6.92 Å². The number of thiocarbonyl (C=S) groups is 1. The van der Waals surface area contributed by atoms with Crippen molar-refractivity contribution in [3.05, 3.63) is 59.2 Å². The van der Waals surface area contributed by atoms with Crippen molar-refractivity contribution in [2.75, 3.05) is 5.32 Å². The lowest BCUT2D eigenvalue weighted by Crippen LogP contribution is -2.12. The SMILES string of the molecule is Cc1cc(F)ccc1Nc1ccc(F)cc1C(N)=S. The summed E-state index contributed by atoms with van der Waals surface area (Å²) in [6.07, 6.45) is 0. The van der Waals surface area contributed by atoms with E-state index in [1.807, 2.05) is 0 Å². The molecule has 0 amide bonds. The lowest BCUT2D eigenvalue weighted by atomic mass is 10.1. The third-order valence-electron chi connectivity index (χ3n) is 2.70. The zero-order chi connectivity index (χ0) is 14.0. The van der Waals surface area contributed by atoms with Crippen molar-refractivity contribution in [3.8, 4) is 0 Å². The van der Waals surface area contributed by atoms with Gasteiger partial charge in [-0.05, 0) is 48.9 Å². The standard InChI is InChI=1S/C14H12F2N2S/c1-8-6-9(15)2-4-12(8)18-13-5-3-10(16)7-11(13)14(17)19/h2-7,18H,1H3,(H2,17,19). The highest BCUT2D eigenvalue weighted by atomic mass is 32.1. The zero-order valence-corrected chi connectivity index (χ0v) is 11.0. The summed E-state index contributed by atoms with van der Waals surface area (Å²) in [5.74, 6) is -0.721. The molecular formula is C14H12F2N2S. The van der Waals surface area contributed by atoms with Gasteiger partial charge in [0.05, 0.1) is 0 Å². The molecule has 3 N–H and O–H groups in total. The molecule has 0 aromatic heterocycles. The van der Waals surface area contributed by atoms with E-state index in [0.29, 0.717) is 16.9 Å². The summed E-state index contributed by atoms with van der Waals surface area (Å²) in [7, 11) is 0. The van der Waals surface area contributed by atoms with Crippen LogP contribution in [0, 0.1) is 18.6 Å². The maximum atomic E-state index is 13.2. The second-order valence-corrected chi connectivity index (χ2v) is 4.58. The minimum atomic E-state index is -0.413. The van der Waals surface area contributed by atoms with Crippen LogP contribution >= 0.6 is 12.2 Å². The molecule has 0 radical (unpaired) electrons. The van der Waals surface area contributed by atoms with Crippen molar-refractivity contribution < 1.29 is 8.78 Å². The summed E-state index contributed by atoms with van der Waals surface area (Å²) >= 11 is 4.89. The first kappa shape index (κ1) is 13.4. The average Bonchev–Trinajstić information content (AvgIpc) is 2.34. The first-order valence-electron chi connectivity index (χ1n) is 5.60. The number of nitrogens with two attached hydrogens (primary N) is 1. The average molecular weight is 278 g/mol. The fourth-order valence-corrected chi connectivity index (χ4v) is 1.91. The van der Waals surface area contributed by atoms with Crippen molar-refractivity contribution in [3.63, 3.8) is 0 Å². The molecule has 0 bridgehead atoms. The van der Waals surface area contributed by atoms with Crippen LogP contribution in [0.15, 0.2) is 36.4 Å². The molecule has 2 nitrogen and oxygen atoms in total. The van der Waals surface area contributed by atoms with E-state index in [2.05, 4.69) is 5.32 Å². The molecule has 0 aliphatic carbocycles. The van der Waals surface area contributed by atoms with Gasteiger partial charge in [-0.1, -0.05) is 12.2 Å². The van der Waals surface area contributed by atoms with E-state index < -0.39 is 5.82 Å². The van der Waals surface area contributed by atoms with Gasteiger partial charge in [0.25, 0.3) is 0 Å². The number of aryl methyl sites for hydroxylation is 1. The van der Waals surface area contributed by atoms with E-state index in [9.17, 15) is 8.78 Å². The van der Waals surface area contributed by atoms with Crippen LogP contribution < -0.4 is 11.1 Å². The Morgan fingerprint density at radius 1 is 1.05 bits per heavy atom. The summed E-state index contributed by atoms with van der Waals surface area (Å²) < 4.78 is 26.2. The Morgan fingerprint density at radius 3 is 2.21 bits per heavy atom. The first-order valence-corrected chi connectivity index (χ1v) is 6.01. The number of anilines is 2. The maximum absolute atomic E-state index is 13.2. The van der Waals surface area contributed by atoms with E-state index in [1.165, 1.54) is 24.3 Å². The molecule has 2 rings (SSSR count). The van der Waals surface area contributed by atoms with Crippen LogP contribution in [0.25, 0.3) is 0 Å². The summed E-state index contributed by atoms with van der Waals surface area (Å²) in [5, 5.41) is 3.08. The Morgan fingerprint density at radius 2 is 1.63 bits per heavy atom. The van der Waals surface area contributed by atoms with Crippen LogP contribution in [-0.2, 0) is 0 Å². The number of nitrogens with one attached hydrogen (secondary N) is 1. The molecule has 5 heteroatoms. The molecule has 0 aliphatic rings. The van der Waals surface area contributed by atoms with Crippen LogP contribution in [0.3, 0.4) is 0 Å². The molecular weight excluding hydrogens is 266 g/mol. The lowest BCUT2D eigenvalue weighted by molar-refractivity contribution is 0.627. The third-order valence-corrected chi connectivity index (χ3v) is 2.92. The minimum Gasteiger partial charge on any atom is -0.389 e. The van der Waals surface area contributed by atoms with E-state index in [-0.39, 0.29) is 10.8 Å². The van der Waals surface area contributed by atoms with Gasteiger partial charge in [0.15, 0.2) is 0 Å². The Hall–Kier alpha value is -2.01. The minimum absolute atomic E-state index is 0.0989. The van der Waals surface area contributed by atoms with Gasteiger partial charge in [-0.25, -0.2) is 8.78 Å². The second-order valence-electron chi connectivity index (χ2n) is 4.14. The summed E-state index contributed by atoms with van der Waals surface area (Å²) in [6, 6.07) is 8.49. The van der Waals surface area contributed by atoms with Crippen LogP contribution in [0.4, 0.5) is 20.2 Å². The van der Waals surface area contributed by atoms with Crippen molar-refractivity contribution >= 4 is 28.6 Å². The maximum Gasteiger partial charge on any atom is 0.124 e. The monoisotopic (exact) mass is 278 g/mol. The highest BCUT2D eigenvalue weighted by Crippen LogP contribution is 2.24. The highest BCUT2D eigenvalue weighted by molar-refractivity contribution is 7.80. The summed E-state index contributed by atoms with van der Waals surface area (Å²) in [6.45, 7) is 1.77. The third kappa shape index (κ3) is 3.06. The first-order chi connectivity index (χ1) is 8.97. The number of hydrogen-bond acceptors (Lipinski definition) is 2. The fraction of sp³-hybridized carbons (Fsp3) is 0.0714. The molecule has 0 spiro atoms. The number of hydrogen-bond donors (Lipinski definition) is 2. The normalized spacial score (nSPS) is 10.3. The number of rotatable bonds is 3. The Bertz CT molecular complexity index is 641. The Balaban J connectivity index is 2.40. The topological polar surface area (TPSA) is 38.0 Å². The largest absolute Gasteiger partial charge is 0.389 e. The predicted molar refractivity (Wildman–Crippen MR) is 76.7 cm³/mol. The quantitative estimate of drug-likeness (QED) is 0.842. The van der Waals surface area contributed by atoms with Crippen LogP contribution in [0.2, 0.25) is 0 Å². The fourth-order valence-electron chi connectivity index (χ4n) is 1.74. The smallest absolute Gasteiger partial charge is 0.124 e. The molecule has 2 aromatic carbocycles. The van der Waals surface area contributed by atoms with E-state index in [4.69, 9.17) is 18.0 Å². The van der Waals surface area contributed by atoms with Gasteiger partial charge in [0.1, 0.15) is 16.6 Å². The molecule has 2 aromatic rings. The van der Waals surface area contributed by atoms with Gasteiger partial charge in [0.2, 0.25) is 0 Å². The van der Waals surface area contributed by atoms with E-state index in [0.717, 1.165) is 5.56 Å². The lowest BCUT2D eigenvalue weighted by Gasteiger charge is -2.13. The molecule has 0 saturated carbocycles. The number of benzene rings is 2.